The monoisotopic (exact) mass is 897 g/mol. The number of carbonyl (C=O) groups is 3. The molecule has 0 rings (SSSR count). The number of hydrogen-bond acceptors (Lipinski definition) is 6. The van der Waals surface area contributed by atoms with Gasteiger partial charge in [-0.3, -0.25) is 14.4 Å². The van der Waals surface area contributed by atoms with Crippen LogP contribution in [0.3, 0.4) is 0 Å². The van der Waals surface area contributed by atoms with Crippen LogP contribution in [0.1, 0.15) is 201 Å². The van der Waals surface area contributed by atoms with E-state index < -0.39 is 12.1 Å². The van der Waals surface area contributed by atoms with E-state index >= 15 is 0 Å². The van der Waals surface area contributed by atoms with Gasteiger partial charge in [0.15, 0.2) is 6.10 Å². The van der Waals surface area contributed by atoms with E-state index in [1.165, 1.54) is 25.7 Å². The summed E-state index contributed by atoms with van der Waals surface area (Å²) in [6, 6.07) is 0. The lowest BCUT2D eigenvalue weighted by molar-refractivity contribution is -0.166. The standard InChI is InChI=1S/C59H92O6/c1-4-7-10-13-16-19-22-24-26-27-28-29-30-31-33-34-37-40-43-46-49-52-58(61)64-55-56(54-63-57(60)51-48-45-42-39-36-21-18-15-12-9-6-3)65-59(62)53-50-47-44-41-38-35-32-25-23-20-17-14-11-8-5-2/h7-8,10-11,15-20,24-26,28-29,31-33,38,41,47,50,56H,4-6,9,12-14,21-23,27,30,34-37,39-40,42-46,48-49,51-55H2,1-3H3/b10-7-,11-8-,18-15-,19-16-,20-17-,26-24-,29-28-,32-25-,33-31-,41-38-,50-47-. The Bertz CT molecular complexity index is 1450. The average Bonchev–Trinajstić information content (AvgIpc) is 3.30. The van der Waals surface area contributed by atoms with E-state index in [4.69, 9.17) is 14.2 Å². The number of rotatable bonds is 44. The smallest absolute Gasteiger partial charge is 0.310 e. The van der Waals surface area contributed by atoms with Gasteiger partial charge in [0, 0.05) is 12.8 Å². The number of ether oxygens (including phenoxy) is 3. The summed E-state index contributed by atoms with van der Waals surface area (Å²) in [4.78, 5) is 37.9. The van der Waals surface area contributed by atoms with Gasteiger partial charge in [-0.2, -0.15) is 0 Å². The van der Waals surface area contributed by atoms with Crippen LogP contribution in [-0.2, 0) is 28.6 Å². The molecule has 6 nitrogen and oxygen atoms in total. The number of hydrogen-bond donors (Lipinski definition) is 0. The van der Waals surface area contributed by atoms with Gasteiger partial charge in [0.25, 0.3) is 0 Å². The van der Waals surface area contributed by atoms with Gasteiger partial charge < -0.3 is 14.2 Å². The predicted octanol–water partition coefficient (Wildman–Crippen LogP) is 17.1. The van der Waals surface area contributed by atoms with E-state index in [-0.39, 0.29) is 31.6 Å². The molecule has 0 aliphatic heterocycles. The normalized spacial score (nSPS) is 13.2. The maximum atomic E-state index is 12.7. The van der Waals surface area contributed by atoms with Crippen molar-refractivity contribution in [2.45, 2.75) is 207 Å². The Morgan fingerprint density at radius 2 is 0.646 bits per heavy atom. The molecule has 0 heterocycles. The zero-order chi connectivity index (χ0) is 47.2. The zero-order valence-corrected chi connectivity index (χ0v) is 41.4. The molecule has 0 aromatic heterocycles. The Morgan fingerprint density at radius 1 is 0.338 bits per heavy atom. The minimum atomic E-state index is -0.848. The van der Waals surface area contributed by atoms with Gasteiger partial charge in [0.2, 0.25) is 0 Å². The van der Waals surface area contributed by atoms with Crippen LogP contribution in [-0.4, -0.2) is 37.2 Å². The molecule has 0 saturated carbocycles. The second kappa shape index (κ2) is 52.2. The third kappa shape index (κ3) is 50.4. The second-order valence-corrected chi connectivity index (χ2v) is 16.3. The lowest BCUT2D eigenvalue weighted by atomic mass is 10.1. The van der Waals surface area contributed by atoms with Gasteiger partial charge in [0.05, 0.1) is 6.42 Å². The fraction of sp³-hybridized carbons (Fsp3) is 0.576. The third-order valence-corrected chi connectivity index (χ3v) is 10.2. The van der Waals surface area contributed by atoms with E-state index in [1.807, 2.05) is 6.08 Å². The van der Waals surface area contributed by atoms with Crippen LogP contribution in [0.2, 0.25) is 0 Å². The molecule has 0 saturated heterocycles. The predicted molar refractivity (Wildman–Crippen MR) is 279 cm³/mol. The molecule has 0 bridgehead atoms. The van der Waals surface area contributed by atoms with Gasteiger partial charge in [-0.15, -0.1) is 0 Å². The highest BCUT2D eigenvalue weighted by Crippen LogP contribution is 2.12. The Morgan fingerprint density at radius 3 is 1.03 bits per heavy atom. The van der Waals surface area contributed by atoms with E-state index in [0.29, 0.717) is 19.3 Å². The summed E-state index contributed by atoms with van der Waals surface area (Å²) in [5, 5.41) is 0. The highest BCUT2D eigenvalue weighted by molar-refractivity contribution is 5.72. The molecule has 0 spiro atoms. The molecule has 6 heteroatoms. The van der Waals surface area contributed by atoms with Crippen LogP contribution in [0.25, 0.3) is 0 Å². The van der Waals surface area contributed by atoms with E-state index in [2.05, 4.69) is 142 Å². The van der Waals surface area contributed by atoms with Crippen molar-refractivity contribution in [1.82, 2.24) is 0 Å². The van der Waals surface area contributed by atoms with Crippen LogP contribution < -0.4 is 0 Å². The highest BCUT2D eigenvalue weighted by Gasteiger charge is 2.19. The van der Waals surface area contributed by atoms with E-state index in [1.54, 1.807) is 6.08 Å². The summed E-state index contributed by atoms with van der Waals surface area (Å²) in [6.45, 7) is 6.24. The number of allylic oxidation sites excluding steroid dienone is 21. The largest absolute Gasteiger partial charge is 0.462 e. The quantitative estimate of drug-likeness (QED) is 0.0262. The SMILES string of the molecule is CC/C=C\C/C=C\C/C=C\C/C=C\C/C=C\CCCCCCCC(=O)OCC(COC(=O)CCCCCCC/C=C\CCCC)OC(=O)C/C=C\C/C=C\C/C=C\C/C=C\C/C=C\CC. The third-order valence-electron chi connectivity index (χ3n) is 10.2. The maximum Gasteiger partial charge on any atom is 0.310 e. The van der Waals surface area contributed by atoms with Gasteiger partial charge in [-0.25, -0.2) is 0 Å². The lowest BCUT2D eigenvalue weighted by Crippen LogP contribution is -2.30. The van der Waals surface area contributed by atoms with Crippen molar-refractivity contribution in [2.75, 3.05) is 13.2 Å². The fourth-order valence-electron chi connectivity index (χ4n) is 6.35. The summed E-state index contributed by atoms with van der Waals surface area (Å²) in [7, 11) is 0. The van der Waals surface area contributed by atoms with Gasteiger partial charge in [-0.05, 0) is 109 Å². The molecule has 0 radical (unpaired) electrons. The van der Waals surface area contributed by atoms with Crippen LogP contribution in [0.5, 0.6) is 0 Å². The van der Waals surface area contributed by atoms with E-state index in [0.717, 1.165) is 128 Å². The van der Waals surface area contributed by atoms with E-state index in [9.17, 15) is 14.4 Å². The molecule has 0 amide bonds. The first-order valence-corrected chi connectivity index (χ1v) is 25.7. The summed E-state index contributed by atoms with van der Waals surface area (Å²) in [6.07, 6.45) is 73.2. The Labute approximate surface area is 398 Å². The molecule has 0 aliphatic rings. The van der Waals surface area contributed by atoms with Crippen molar-refractivity contribution in [3.8, 4) is 0 Å². The Hall–Kier alpha value is -4.45. The maximum absolute atomic E-state index is 12.7. The first-order valence-electron chi connectivity index (χ1n) is 25.7. The van der Waals surface area contributed by atoms with Crippen molar-refractivity contribution < 1.29 is 28.6 Å². The Kier molecular flexibility index (Phi) is 48.6. The molecule has 1 unspecified atom stereocenters. The highest BCUT2D eigenvalue weighted by atomic mass is 16.6. The number of unbranched alkanes of at least 4 members (excludes halogenated alkanes) is 12. The fourth-order valence-corrected chi connectivity index (χ4v) is 6.35. The van der Waals surface area contributed by atoms with Gasteiger partial charge in [0.1, 0.15) is 13.2 Å². The molecular weight excluding hydrogens is 805 g/mol. The molecule has 0 aromatic carbocycles. The molecule has 0 N–H and O–H groups in total. The van der Waals surface area contributed by atoms with Gasteiger partial charge in [-0.1, -0.05) is 206 Å². The lowest BCUT2D eigenvalue weighted by Gasteiger charge is -2.18. The number of esters is 3. The summed E-state index contributed by atoms with van der Waals surface area (Å²) in [5.41, 5.74) is 0. The minimum Gasteiger partial charge on any atom is -0.462 e. The second-order valence-electron chi connectivity index (χ2n) is 16.3. The van der Waals surface area contributed by atoms with Crippen molar-refractivity contribution in [3.63, 3.8) is 0 Å². The van der Waals surface area contributed by atoms with Crippen LogP contribution in [0.15, 0.2) is 134 Å². The molecule has 0 aromatic rings. The molecule has 0 aliphatic carbocycles. The average molecular weight is 897 g/mol. The zero-order valence-electron chi connectivity index (χ0n) is 41.4. The minimum absolute atomic E-state index is 0.0848. The number of carbonyl (C=O) groups excluding carboxylic acids is 3. The van der Waals surface area contributed by atoms with Gasteiger partial charge >= 0.3 is 17.9 Å². The molecule has 0 fully saturated rings. The van der Waals surface area contributed by atoms with Crippen LogP contribution in [0.4, 0.5) is 0 Å². The van der Waals surface area contributed by atoms with Crippen molar-refractivity contribution in [2.24, 2.45) is 0 Å². The van der Waals surface area contributed by atoms with Crippen molar-refractivity contribution in [3.05, 3.63) is 134 Å². The first kappa shape index (κ1) is 60.5. The van der Waals surface area contributed by atoms with Crippen molar-refractivity contribution in [1.29, 1.82) is 0 Å². The molecule has 65 heavy (non-hydrogen) atoms. The first-order chi connectivity index (χ1) is 32.0. The molecule has 364 valence electrons. The summed E-state index contributed by atoms with van der Waals surface area (Å²) in [5.74, 6) is -1.10. The summed E-state index contributed by atoms with van der Waals surface area (Å²) >= 11 is 0. The van der Waals surface area contributed by atoms with Crippen LogP contribution in [0, 0.1) is 0 Å². The molecule has 1 atom stereocenters. The molecular formula is C59H92O6. The summed E-state index contributed by atoms with van der Waals surface area (Å²) < 4.78 is 16.6. The topological polar surface area (TPSA) is 78.9 Å². The van der Waals surface area contributed by atoms with Crippen LogP contribution >= 0.6 is 0 Å². The Balaban J connectivity index is 4.53. The van der Waals surface area contributed by atoms with Crippen molar-refractivity contribution >= 4 is 17.9 Å².